The zero-order valence-electron chi connectivity index (χ0n) is 16.1. The summed E-state index contributed by atoms with van der Waals surface area (Å²) in [5, 5.41) is 4.50. The van der Waals surface area contributed by atoms with Crippen LogP contribution in [0.4, 0.5) is 0 Å². The topological polar surface area (TPSA) is 68.3 Å². The molecule has 1 aliphatic rings. The first-order valence-corrected chi connectivity index (χ1v) is 9.46. The lowest BCUT2D eigenvalue weighted by Gasteiger charge is -2.15. The number of nitrogens with zero attached hydrogens (tertiary/aromatic N) is 3. The molecule has 1 saturated heterocycles. The van der Waals surface area contributed by atoms with Crippen molar-refractivity contribution in [1.29, 1.82) is 0 Å². The van der Waals surface area contributed by atoms with E-state index in [2.05, 4.69) is 17.2 Å². The number of amides is 1. The first-order valence-electron chi connectivity index (χ1n) is 9.46. The molecule has 1 aromatic carbocycles. The molecule has 0 bridgehead atoms. The molecule has 0 radical (unpaired) electrons. The molecular formula is C22H23N3O3. The molecule has 1 atom stereocenters. The van der Waals surface area contributed by atoms with Crippen LogP contribution < -0.4 is 0 Å². The van der Waals surface area contributed by atoms with Crippen LogP contribution in [0.1, 0.15) is 39.5 Å². The molecular weight excluding hydrogens is 354 g/mol. The van der Waals surface area contributed by atoms with Gasteiger partial charge in [0.05, 0.1) is 24.4 Å². The standard InChI is InChI=1S/C22H23N3O3/c1-15-20(11-17-7-4-3-5-8-17)16(2)25(23-15)22(27)18-12-21(26)24(13-18)14-19-9-6-10-28-19/h3-10,18H,11-14H2,1-2H3. The molecule has 0 aliphatic carbocycles. The van der Waals surface area contributed by atoms with Crippen LogP contribution in [0.5, 0.6) is 0 Å². The van der Waals surface area contributed by atoms with Gasteiger partial charge in [-0.05, 0) is 31.5 Å². The van der Waals surface area contributed by atoms with Gasteiger partial charge in [0.25, 0.3) is 5.91 Å². The number of rotatable bonds is 5. The number of carbonyl (C=O) groups excluding carboxylic acids is 2. The van der Waals surface area contributed by atoms with E-state index in [0.717, 1.165) is 29.1 Å². The van der Waals surface area contributed by atoms with E-state index in [-0.39, 0.29) is 24.2 Å². The summed E-state index contributed by atoms with van der Waals surface area (Å²) in [5.41, 5.74) is 3.95. The van der Waals surface area contributed by atoms with Crippen molar-refractivity contribution in [3.8, 4) is 0 Å². The van der Waals surface area contributed by atoms with Gasteiger partial charge in [0.1, 0.15) is 5.76 Å². The van der Waals surface area contributed by atoms with Crippen molar-refractivity contribution in [1.82, 2.24) is 14.7 Å². The Morgan fingerprint density at radius 3 is 2.68 bits per heavy atom. The van der Waals surface area contributed by atoms with Crippen molar-refractivity contribution < 1.29 is 14.0 Å². The summed E-state index contributed by atoms with van der Waals surface area (Å²) in [7, 11) is 0. The summed E-state index contributed by atoms with van der Waals surface area (Å²) in [4.78, 5) is 27.1. The zero-order valence-corrected chi connectivity index (χ0v) is 16.1. The molecule has 4 rings (SSSR count). The number of hydrogen-bond acceptors (Lipinski definition) is 4. The number of aryl methyl sites for hydroxylation is 1. The molecule has 144 valence electrons. The molecule has 1 amide bonds. The highest BCUT2D eigenvalue weighted by atomic mass is 16.3. The highest BCUT2D eigenvalue weighted by Gasteiger charge is 2.36. The lowest BCUT2D eigenvalue weighted by atomic mass is 10.0. The number of carbonyl (C=O) groups is 2. The van der Waals surface area contributed by atoms with E-state index in [4.69, 9.17) is 4.42 Å². The quantitative estimate of drug-likeness (QED) is 0.684. The Labute approximate surface area is 163 Å². The lowest BCUT2D eigenvalue weighted by Crippen LogP contribution is -2.28. The Hall–Kier alpha value is -3.15. The van der Waals surface area contributed by atoms with Crippen LogP contribution in [-0.4, -0.2) is 33.0 Å². The predicted molar refractivity (Wildman–Crippen MR) is 104 cm³/mol. The molecule has 0 spiro atoms. The van der Waals surface area contributed by atoms with Gasteiger partial charge in [-0.3, -0.25) is 9.59 Å². The van der Waals surface area contributed by atoms with Crippen LogP contribution in [0.2, 0.25) is 0 Å². The molecule has 3 aromatic rings. The van der Waals surface area contributed by atoms with Crippen molar-refractivity contribution in [3.63, 3.8) is 0 Å². The van der Waals surface area contributed by atoms with Gasteiger partial charge in [-0.2, -0.15) is 5.10 Å². The van der Waals surface area contributed by atoms with Gasteiger partial charge in [-0.15, -0.1) is 0 Å². The van der Waals surface area contributed by atoms with Crippen molar-refractivity contribution in [3.05, 3.63) is 77.0 Å². The van der Waals surface area contributed by atoms with E-state index in [0.29, 0.717) is 13.1 Å². The second-order valence-corrected chi connectivity index (χ2v) is 7.32. The third kappa shape index (κ3) is 3.50. The van der Waals surface area contributed by atoms with E-state index < -0.39 is 0 Å². The van der Waals surface area contributed by atoms with Crippen molar-refractivity contribution in [2.45, 2.75) is 33.2 Å². The average molecular weight is 377 g/mol. The number of benzene rings is 1. The van der Waals surface area contributed by atoms with E-state index in [1.54, 1.807) is 17.2 Å². The minimum absolute atomic E-state index is 0.0270. The predicted octanol–water partition coefficient (Wildman–Crippen LogP) is 3.37. The van der Waals surface area contributed by atoms with Crippen LogP contribution in [0.25, 0.3) is 0 Å². The Morgan fingerprint density at radius 2 is 1.96 bits per heavy atom. The molecule has 0 N–H and O–H groups in total. The van der Waals surface area contributed by atoms with Crippen molar-refractivity contribution >= 4 is 11.8 Å². The second kappa shape index (κ2) is 7.46. The molecule has 1 unspecified atom stereocenters. The lowest BCUT2D eigenvalue weighted by molar-refractivity contribution is -0.128. The van der Waals surface area contributed by atoms with E-state index >= 15 is 0 Å². The van der Waals surface area contributed by atoms with Gasteiger partial charge in [0.15, 0.2) is 0 Å². The Balaban J connectivity index is 1.51. The van der Waals surface area contributed by atoms with E-state index in [1.807, 2.05) is 38.1 Å². The Bertz CT molecular complexity index is 990. The normalized spacial score (nSPS) is 16.7. The third-order valence-electron chi connectivity index (χ3n) is 5.36. The van der Waals surface area contributed by atoms with Gasteiger partial charge in [-0.1, -0.05) is 30.3 Å². The SMILES string of the molecule is Cc1nn(C(=O)C2CC(=O)N(Cc3ccco3)C2)c(C)c1Cc1ccccc1. The average Bonchev–Trinajstić information content (AvgIpc) is 3.40. The number of hydrogen-bond donors (Lipinski definition) is 0. The molecule has 3 heterocycles. The van der Waals surface area contributed by atoms with E-state index in [1.165, 1.54) is 10.2 Å². The summed E-state index contributed by atoms with van der Waals surface area (Å²) in [6.45, 7) is 4.64. The third-order valence-corrected chi connectivity index (χ3v) is 5.36. The molecule has 6 heteroatoms. The fourth-order valence-corrected chi connectivity index (χ4v) is 3.80. The molecule has 1 fully saturated rings. The van der Waals surface area contributed by atoms with Gasteiger partial charge in [0.2, 0.25) is 5.91 Å². The first-order chi connectivity index (χ1) is 13.5. The number of aromatic nitrogens is 2. The summed E-state index contributed by atoms with van der Waals surface area (Å²) >= 11 is 0. The maximum atomic E-state index is 13.1. The highest BCUT2D eigenvalue weighted by molar-refractivity contribution is 5.90. The van der Waals surface area contributed by atoms with Crippen molar-refractivity contribution in [2.75, 3.05) is 6.54 Å². The number of furan rings is 1. The van der Waals surface area contributed by atoms with Crippen LogP contribution in [0.3, 0.4) is 0 Å². The maximum absolute atomic E-state index is 13.1. The maximum Gasteiger partial charge on any atom is 0.252 e. The largest absolute Gasteiger partial charge is 0.467 e. The minimum atomic E-state index is -0.384. The second-order valence-electron chi connectivity index (χ2n) is 7.32. The van der Waals surface area contributed by atoms with Crippen LogP contribution in [0, 0.1) is 19.8 Å². The molecule has 2 aromatic heterocycles. The summed E-state index contributed by atoms with van der Waals surface area (Å²) in [5.74, 6) is 0.193. The van der Waals surface area contributed by atoms with Crippen molar-refractivity contribution in [2.24, 2.45) is 5.92 Å². The monoisotopic (exact) mass is 377 g/mol. The summed E-state index contributed by atoms with van der Waals surface area (Å²) < 4.78 is 6.81. The minimum Gasteiger partial charge on any atom is -0.467 e. The Kier molecular flexibility index (Phi) is 4.86. The fraction of sp³-hybridized carbons (Fsp3) is 0.318. The number of likely N-dealkylation sites (tertiary alicyclic amines) is 1. The van der Waals surface area contributed by atoms with Gasteiger partial charge >= 0.3 is 0 Å². The smallest absolute Gasteiger partial charge is 0.252 e. The first kappa shape index (κ1) is 18.2. The van der Waals surface area contributed by atoms with E-state index in [9.17, 15) is 9.59 Å². The van der Waals surface area contributed by atoms with Crippen LogP contribution >= 0.6 is 0 Å². The summed E-state index contributed by atoms with van der Waals surface area (Å²) in [6.07, 6.45) is 2.54. The van der Waals surface area contributed by atoms with Gasteiger partial charge < -0.3 is 9.32 Å². The van der Waals surface area contributed by atoms with Crippen LogP contribution in [-0.2, 0) is 17.8 Å². The molecule has 28 heavy (non-hydrogen) atoms. The summed E-state index contributed by atoms with van der Waals surface area (Å²) in [6, 6.07) is 13.8. The van der Waals surface area contributed by atoms with Gasteiger partial charge in [-0.25, -0.2) is 4.68 Å². The molecule has 0 saturated carbocycles. The fourth-order valence-electron chi connectivity index (χ4n) is 3.80. The molecule has 1 aliphatic heterocycles. The zero-order chi connectivity index (χ0) is 19.7. The molecule has 6 nitrogen and oxygen atoms in total. The highest BCUT2D eigenvalue weighted by Crippen LogP contribution is 2.24. The Morgan fingerprint density at radius 1 is 1.18 bits per heavy atom. The van der Waals surface area contributed by atoms with Crippen LogP contribution in [0.15, 0.2) is 53.1 Å². The van der Waals surface area contributed by atoms with Gasteiger partial charge in [0, 0.05) is 30.6 Å².